The van der Waals surface area contributed by atoms with Gasteiger partial charge in [0.25, 0.3) is 0 Å². The van der Waals surface area contributed by atoms with Crippen molar-refractivity contribution >= 4 is 29.6 Å². The van der Waals surface area contributed by atoms with Gasteiger partial charge < -0.3 is 0 Å². The quantitative estimate of drug-likeness (QED) is 0.521. The second-order valence-corrected chi connectivity index (χ2v) is 5.26. The van der Waals surface area contributed by atoms with E-state index in [1.807, 2.05) is 0 Å². The predicted octanol–water partition coefficient (Wildman–Crippen LogP) is 2.90. The molecule has 0 aliphatic rings. The molecule has 0 aromatic carbocycles. The first kappa shape index (κ1) is 12.8. The van der Waals surface area contributed by atoms with Crippen molar-refractivity contribution in [3.8, 4) is 0 Å². The minimum Gasteiger partial charge on any atom is -0.296 e. The number of hydrogen-bond acceptors (Lipinski definition) is 4. The van der Waals surface area contributed by atoms with E-state index in [2.05, 4.69) is 0 Å². The molecule has 4 nitrogen and oxygen atoms in total. The normalized spacial score (nSPS) is 12.4. The highest BCUT2D eigenvalue weighted by atomic mass is 35.7. The van der Waals surface area contributed by atoms with Crippen LogP contribution in [0.4, 0.5) is 0 Å². The molecule has 7 heteroatoms. The topological polar surface area (TPSA) is 38.8 Å². The van der Waals surface area contributed by atoms with Crippen molar-refractivity contribution in [1.82, 2.24) is 4.08 Å². The van der Waals surface area contributed by atoms with Crippen LogP contribution in [0.15, 0.2) is 0 Å². The van der Waals surface area contributed by atoms with Crippen molar-refractivity contribution in [2.45, 2.75) is 13.8 Å². The Morgan fingerprint density at radius 1 is 1.42 bits per heavy atom. The van der Waals surface area contributed by atoms with E-state index in [1.54, 1.807) is 20.9 Å². The Hall–Kier alpha value is 0.750. The molecule has 0 aromatic rings. The third-order valence-electron chi connectivity index (χ3n) is 1.03. The first-order chi connectivity index (χ1) is 5.60. The monoisotopic (exact) mass is 233 g/mol. The van der Waals surface area contributed by atoms with Gasteiger partial charge in [0.1, 0.15) is 0 Å². The van der Waals surface area contributed by atoms with Gasteiger partial charge in [0.2, 0.25) is 0 Å². The van der Waals surface area contributed by atoms with Gasteiger partial charge in [0, 0.05) is 18.2 Å². The van der Waals surface area contributed by atoms with E-state index in [9.17, 15) is 4.57 Å². The van der Waals surface area contributed by atoms with E-state index in [0.717, 1.165) is 11.2 Å². The maximum absolute atomic E-state index is 11.7. The van der Waals surface area contributed by atoms with E-state index >= 15 is 0 Å². The average Bonchev–Trinajstić information content (AvgIpc) is 2.04. The Kier molecular flexibility index (Phi) is 6.63. The molecule has 0 heterocycles. The van der Waals surface area contributed by atoms with Gasteiger partial charge in [0.15, 0.2) is 0 Å². The maximum atomic E-state index is 11.7. The molecule has 12 heavy (non-hydrogen) atoms. The molecular weight excluding hydrogens is 221 g/mol. The predicted molar refractivity (Wildman–Crippen MR) is 52.1 cm³/mol. The molecule has 0 spiro atoms. The van der Waals surface area contributed by atoms with Crippen LogP contribution in [0.5, 0.6) is 0 Å². The molecule has 0 saturated carbocycles. The van der Waals surface area contributed by atoms with Gasteiger partial charge in [-0.3, -0.25) is 9.05 Å². The Morgan fingerprint density at radius 3 is 2.08 bits per heavy atom. The lowest BCUT2D eigenvalue weighted by molar-refractivity contribution is 0.199. The zero-order valence-corrected chi connectivity index (χ0v) is 9.79. The van der Waals surface area contributed by atoms with Gasteiger partial charge in [-0.05, 0) is 24.5 Å². The van der Waals surface area contributed by atoms with Crippen molar-refractivity contribution in [3.63, 3.8) is 0 Å². The van der Waals surface area contributed by atoms with Gasteiger partial charge in [-0.25, -0.2) is 4.57 Å². The fraction of sp³-hybridized carbons (Fsp3) is 1.00. The van der Waals surface area contributed by atoms with Crippen molar-refractivity contribution < 1.29 is 13.6 Å². The van der Waals surface area contributed by atoms with E-state index in [4.69, 9.17) is 19.7 Å². The van der Waals surface area contributed by atoms with Crippen LogP contribution in [0.3, 0.4) is 0 Å². The van der Waals surface area contributed by atoms with Gasteiger partial charge in [-0.1, -0.05) is 0 Å². The molecule has 0 aromatic heterocycles. The van der Waals surface area contributed by atoms with Crippen molar-refractivity contribution in [2.24, 2.45) is 0 Å². The van der Waals surface area contributed by atoms with Crippen LogP contribution >= 0.6 is 29.6 Å². The highest BCUT2D eigenvalue weighted by Gasteiger charge is 2.30. The number of nitrogens with zero attached hydrogens (tertiary/aromatic N) is 1. The average molecular weight is 234 g/mol. The molecule has 0 amide bonds. The third kappa shape index (κ3) is 3.64. The summed E-state index contributed by atoms with van der Waals surface area (Å²) in [6, 6.07) is 0. The van der Waals surface area contributed by atoms with Crippen LogP contribution < -0.4 is 0 Å². The van der Waals surface area contributed by atoms with E-state index in [0.29, 0.717) is 13.2 Å². The zero-order valence-electron chi connectivity index (χ0n) is 7.32. The van der Waals surface area contributed by atoms with Gasteiger partial charge in [0.05, 0.1) is 13.2 Å². The van der Waals surface area contributed by atoms with E-state index < -0.39 is 7.75 Å². The molecule has 0 radical (unpaired) electrons. The van der Waals surface area contributed by atoms with Gasteiger partial charge in [-0.15, -0.1) is 4.08 Å². The van der Waals surface area contributed by atoms with Crippen LogP contribution in [0, 0.1) is 0 Å². The lowest BCUT2D eigenvalue weighted by atomic mass is 10.9. The number of halogens is 1. The van der Waals surface area contributed by atoms with Crippen LogP contribution in [0.2, 0.25) is 0 Å². The smallest absolute Gasteiger partial charge is 0.296 e. The fourth-order valence-corrected chi connectivity index (χ4v) is 2.88. The summed E-state index contributed by atoms with van der Waals surface area (Å²) in [5.41, 5.74) is 0. The summed E-state index contributed by atoms with van der Waals surface area (Å²) in [4.78, 5) is 0. The molecule has 0 saturated heterocycles. The summed E-state index contributed by atoms with van der Waals surface area (Å²) in [6.45, 7) is 4.16. The standard InChI is InChI=1S/C5H13ClNO3PS/c1-4-9-11(8,10-5-2)7(3)12-6/h4-5H2,1-3H3. The molecule has 0 bridgehead atoms. The lowest BCUT2D eigenvalue weighted by Gasteiger charge is -2.22. The molecule has 0 N–H and O–H groups in total. The minimum absolute atomic E-state index is 0.332. The number of rotatable bonds is 6. The second kappa shape index (κ2) is 6.24. The van der Waals surface area contributed by atoms with Crippen molar-refractivity contribution in [3.05, 3.63) is 0 Å². The van der Waals surface area contributed by atoms with Gasteiger partial charge in [-0.2, -0.15) is 0 Å². The summed E-state index contributed by atoms with van der Waals surface area (Å²) < 4.78 is 23.0. The third-order valence-corrected chi connectivity index (χ3v) is 4.84. The first-order valence-electron chi connectivity index (χ1n) is 3.52. The minimum atomic E-state index is -3.15. The van der Waals surface area contributed by atoms with E-state index in [-0.39, 0.29) is 0 Å². The summed E-state index contributed by atoms with van der Waals surface area (Å²) in [5.74, 6) is 0. The van der Waals surface area contributed by atoms with Crippen LogP contribution in [0.25, 0.3) is 0 Å². The second-order valence-electron chi connectivity index (χ2n) is 1.84. The largest absolute Gasteiger partial charge is 0.418 e. The molecule has 0 atom stereocenters. The van der Waals surface area contributed by atoms with Crippen LogP contribution in [-0.4, -0.2) is 24.3 Å². The highest BCUT2D eigenvalue weighted by molar-refractivity contribution is 8.21. The maximum Gasteiger partial charge on any atom is 0.418 e. The molecule has 74 valence electrons. The molecule has 0 rings (SSSR count). The molecule has 0 aliphatic carbocycles. The van der Waals surface area contributed by atoms with Crippen LogP contribution in [-0.2, 0) is 13.6 Å². The van der Waals surface area contributed by atoms with Crippen LogP contribution in [0.1, 0.15) is 13.8 Å². The van der Waals surface area contributed by atoms with Crippen molar-refractivity contribution in [2.75, 3.05) is 20.3 Å². The summed E-state index contributed by atoms with van der Waals surface area (Å²) >= 11 is 0.804. The Labute approximate surface area is 81.8 Å². The summed E-state index contributed by atoms with van der Waals surface area (Å²) in [7, 11) is 3.83. The Bertz CT molecular complexity index is 161. The van der Waals surface area contributed by atoms with E-state index in [1.165, 1.54) is 4.08 Å². The SMILES string of the molecule is CCOP(=O)(OCC)N(C)SCl. The highest BCUT2D eigenvalue weighted by Crippen LogP contribution is 2.54. The molecule has 0 unspecified atom stereocenters. The lowest BCUT2D eigenvalue weighted by Crippen LogP contribution is -2.09. The molecular formula is C5H13ClNO3PS. The van der Waals surface area contributed by atoms with Gasteiger partial charge >= 0.3 is 7.75 Å². The summed E-state index contributed by atoms with van der Waals surface area (Å²) in [6.07, 6.45) is 0. The summed E-state index contributed by atoms with van der Waals surface area (Å²) in [5, 5.41) is 0. The zero-order chi connectivity index (χ0) is 9.61. The van der Waals surface area contributed by atoms with Crippen molar-refractivity contribution in [1.29, 1.82) is 0 Å². The molecule has 0 aliphatic heterocycles. The molecule has 0 fully saturated rings. The Morgan fingerprint density at radius 2 is 1.83 bits per heavy atom. The Balaban J connectivity index is 4.27. The first-order valence-corrected chi connectivity index (χ1v) is 6.62. The fourth-order valence-electron chi connectivity index (χ4n) is 0.564. The number of hydrogen-bond donors (Lipinski definition) is 0.